The highest BCUT2D eigenvalue weighted by molar-refractivity contribution is 5.77. The Morgan fingerprint density at radius 2 is 1.51 bits per heavy atom. The van der Waals surface area contributed by atoms with Gasteiger partial charge in [-0.15, -0.1) is 0 Å². The summed E-state index contributed by atoms with van der Waals surface area (Å²) in [5.74, 6) is 0.721. The molecule has 0 atom stereocenters. The van der Waals surface area contributed by atoms with Gasteiger partial charge in [0.05, 0.1) is 18.3 Å². The fourth-order valence-electron chi connectivity index (χ4n) is 3.92. The van der Waals surface area contributed by atoms with E-state index in [9.17, 15) is 9.59 Å². The Hall–Kier alpha value is -4.19. The number of ether oxygens (including phenoxy) is 1. The Labute approximate surface area is 205 Å². The van der Waals surface area contributed by atoms with Crippen molar-refractivity contribution < 1.29 is 9.53 Å². The molecule has 1 heterocycles. The van der Waals surface area contributed by atoms with Crippen LogP contribution in [0.4, 0.5) is 0 Å². The van der Waals surface area contributed by atoms with E-state index in [1.165, 1.54) is 10.7 Å². The van der Waals surface area contributed by atoms with Gasteiger partial charge in [0, 0.05) is 24.6 Å². The van der Waals surface area contributed by atoms with Crippen molar-refractivity contribution in [1.29, 1.82) is 0 Å². The Morgan fingerprint density at radius 3 is 2.11 bits per heavy atom. The Morgan fingerprint density at radius 1 is 0.886 bits per heavy atom. The molecule has 0 unspecified atom stereocenters. The summed E-state index contributed by atoms with van der Waals surface area (Å²) in [6.07, 6.45) is 0.791. The van der Waals surface area contributed by atoms with Crippen molar-refractivity contribution in [3.05, 3.63) is 119 Å². The third kappa shape index (κ3) is 6.44. The van der Waals surface area contributed by atoms with Crippen molar-refractivity contribution in [2.24, 2.45) is 0 Å². The van der Waals surface area contributed by atoms with Crippen LogP contribution in [0.5, 0.6) is 5.75 Å². The molecule has 0 fully saturated rings. The molecule has 0 radical (unpaired) electrons. The molecule has 6 heteroatoms. The zero-order valence-corrected chi connectivity index (χ0v) is 19.8. The summed E-state index contributed by atoms with van der Waals surface area (Å²) in [7, 11) is 0. The first-order valence-corrected chi connectivity index (χ1v) is 11.8. The number of hydrogen-bond donors (Lipinski definition) is 1. The van der Waals surface area contributed by atoms with Gasteiger partial charge < -0.3 is 10.1 Å². The van der Waals surface area contributed by atoms with E-state index in [4.69, 9.17) is 4.74 Å². The van der Waals surface area contributed by atoms with Gasteiger partial charge in [-0.25, -0.2) is 4.68 Å². The summed E-state index contributed by atoms with van der Waals surface area (Å²) in [5.41, 5.74) is 3.45. The molecule has 0 saturated carbocycles. The number of aryl methyl sites for hydroxylation is 1. The average Bonchev–Trinajstić information content (AvgIpc) is 2.90. The molecule has 0 saturated heterocycles. The largest absolute Gasteiger partial charge is 0.494 e. The van der Waals surface area contributed by atoms with Gasteiger partial charge in [-0.3, -0.25) is 9.59 Å². The lowest BCUT2D eigenvalue weighted by molar-refractivity contribution is -0.121. The molecule has 1 aromatic heterocycles. The summed E-state index contributed by atoms with van der Waals surface area (Å²) in [5, 5.41) is 7.65. The van der Waals surface area contributed by atoms with E-state index in [1.807, 2.05) is 91.9 Å². The minimum atomic E-state index is -0.228. The number of hydrogen-bond acceptors (Lipinski definition) is 4. The highest BCUT2D eigenvalue weighted by Gasteiger charge is 2.16. The SMILES string of the molecule is CCOc1ccc(-c2ccc(=O)n(CCCC(=O)NC(c3ccccc3)c3ccccc3)n2)cc1. The second kappa shape index (κ2) is 11.8. The number of benzene rings is 3. The van der Waals surface area contributed by atoms with Gasteiger partial charge in [0.25, 0.3) is 5.56 Å². The molecular formula is C29H29N3O3. The van der Waals surface area contributed by atoms with Crippen molar-refractivity contribution >= 4 is 5.91 Å². The van der Waals surface area contributed by atoms with Gasteiger partial charge in [0.15, 0.2) is 0 Å². The molecule has 35 heavy (non-hydrogen) atoms. The van der Waals surface area contributed by atoms with E-state index in [1.54, 1.807) is 6.07 Å². The van der Waals surface area contributed by atoms with Gasteiger partial charge >= 0.3 is 0 Å². The second-order valence-corrected chi connectivity index (χ2v) is 8.16. The summed E-state index contributed by atoms with van der Waals surface area (Å²) in [6, 6.07) is 30.4. The summed E-state index contributed by atoms with van der Waals surface area (Å²) < 4.78 is 6.91. The van der Waals surface area contributed by atoms with Crippen LogP contribution in [0.15, 0.2) is 102 Å². The molecule has 0 spiro atoms. The predicted molar refractivity (Wildman–Crippen MR) is 137 cm³/mol. The van der Waals surface area contributed by atoms with Crippen LogP contribution >= 0.6 is 0 Å². The quantitative estimate of drug-likeness (QED) is 0.356. The van der Waals surface area contributed by atoms with Crippen LogP contribution in [-0.2, 0) is 11.3 Å². The zero-order chi connectivity index (χ0) is 24.5. The lowest BCUT2D eigenvalue weighted by Crippen LogP contribution is -2.30. The first-order chi connectivity index (χ1) is 17.1. The normalized spacial score (nSPS) is 10.8. The number of amides is 1. The summed E-state index contributed by atoms with van der Waals surface area (Å²) in [6.45, 7) is 2.90. The van der Waals surface area contributed by atoms with Crippen molar-refractivity contribution in [2.75, 3.05) is 6.61 Å². The Bertz CT molecular complexity index is 1250. The highest BCUT2D eigenvalue weighted by Crippen LogP contribution is 2.22. The smallest absolute Gasteiger partial charge is 0.266 e. The topological polar surface area (TPSA) is 73.2 Å². The fraction of sp³-hybridized carbons (Fsp3) is 0.207. The van der Waals surface area contributed by atoms with Crippen LogP contribution in [0.1, 0.15) is 36.9 Å². The molecule has 0 aliphatic heterocycles. The van der Waals surface area contributed by atoms with E-state index in [0.29, 0.717) is 25.3 Å². The zero-order valence-electron chi connectivity index (χ0n) is 19.8. The summed E-state index contributed by atoms with van der Waals surface area (Å²) in [4.78, 5) is 25.2. The first kappa shape index (κ1) is 24.0. The molecule has 178 valence electrons. The van der Waals surface area contributed by atoms with E-state index in [-0.39, 0.29) is 23.9 Å². The third-order valence-electron chi connectivity index (χ3n) is 5.67. The number of aromatic nitrogens is 2. The number of carbonyl (C=O) groups excluding carboxylic acids is 1. The third-order valence-corrected chi connectivity index (χ3v) is 5.67. The van der Waals surface area contributed by atoms with Crippen LogP contribution in [0.2, 0.25) is 0 Å². The molecule has 0 aliphatic carbocycles. The van der Waals surface area contributed by atoms with Crippen molar-refractivity contribution in [1.82, 2.24) is 15.1 Å². The lowest BCUT2D eigenvalue weighted by Gasteiger charge is -2.20. The van der Waals surface area contributed by atoms with Gasteiger partial charge in [-0.1, -0.05) is 60.7 Å². The predicted octanol–water partition coefficient (Wildman–Crippen LogP) is 5.00. The van der Waals surface area contributed by atoms with E-state index in [0.717, 1.165) is 22.4 Å². The van der Waals surface area contributed by atoms with Gasteiger partial charge in [0.1, 0.15) is 5.75 Å². The van der Waals surface area contributed by atoms with Crippen LogP contribution in [-0.4, -0.2) is 22.3 Å². The molecule has 1 N–H and O–H groups in total. The van der Waals surface area contributed by atoms with Crippen LogP contribution in [0, 0.1) is 0 Å². The van der Waals surface area contributed by atoms with Gasteiger partial charge in [0.2, 0.25) is 5.91 Å². The fourth-order valence-corrected chi connectivity index (χ4v) is 3.92. The van der Waals surface area contributed by atoms with E-state index >= 15 is 0 Å². The molecule has 1 amide bonds. The van der Waals surface area contributed by atoms with Crippen LogP contribution < -0.4 is 15.6 Å². The number of nitrogens with zero attached hydrogens (tertiary/aromatic N) is 2. The van der Waals surface area contributed by atoms with Gasteiger partial charge in [-0.05, 0) is 54.8 Å². The highest BCUT2D eigenvalue weighted by atomic mass is 16.5. The molecule has 3 aromatic carbocycles. The first-order valence-electron chi connectivity index (χ1n) is 11.8. The van der Waals surface area contributed by atoms with E-state index < -0.39 is 0 Å². The van der Waals surface area contributed by atoms with Crippen LogP contribution in [0.25, 0.3) is 11.3 Å². The van der Waals surface area contributed by atoms with Crippen molar-refractivity contribution in [2.45, 2.75) is 32.4 Å². The van der Waals surface area contributed by atoms with Crippen LogP contribution in [0.3, 0.4) is 0 Å². The lowest BCUT2D eigenvalue weighted by atomic mass is 9.98. The molecule has 6 nitrogen and oxygen atoms in total. The van der Waals surface area contributed by atoms with Crippen molar-refractivity contribution in [3.63, 3.8) is 0 Å². The summed E-state index contributed by atoms with van der Waals surface area (Å²) >= 11 is 0. The monoisotopic (exact) mass is 467 g/mol. The minimum Gasteiger partial charge on any atom is -0.494 e. The number of nitrogens with one attached hydrogen (secondary N) is 1. The molecule has 4 rings (SSSR count). The maximum Gasteiger partial charge on any atom is 0.266 e. The molecule has 4 aromatic rings. The average molecular weight is 468 g/mol. The Kier molecular flexibility index (Phi) is 8.07. The van der Waals surface area contributed by atoms with Gasteiger partial charge in [-0.2, -0.15) is 5.10 Å². The number of carbonyl (C=O) groups is 1. The van der Waals surface area contributed by atoms with E-state index in [2.05, 4.69) is 10.4 Å². The molecular weight excluding hydrogens is 438 g/mol. The number of rotatable bonds is 10. The minimum absolute atomic E-state index is 0.0709. The maximum atomic E-state index is 12.8. The second-order valence-electron chi connectivity index (χ2n) is 8.16. The maximum absolute atomic E-state index is 12.8. The molecule has 0 bridgehead atoms. The van der Waals surface area contributed by atoms with Crippen molar-refractivity contribution in [3.8, 4) is 17.0 Å². The standard InChI is InChI=1S/C29H29N3O3/c1-2-35-25-17-15-22(16-18-25)26-19-20-28(34)32(31-26)21-9-14-27(33)30-29(23-10-5-3-6-11-23)24-12-7-4-8-13-24/h3-8,10-13,15-20,29H,2,9,14,21H2,1H3,(H,30,33). The Balaban J connectivity index is 1.39. The molecule has 0 aliphatic rings.